The van der Waals surface area contributed by atoms with E-state index in [1.807, 2.05) is 0 Å². The number of hydrogen-bond acceptors (Lipinski definition) is 4. The summed E-state index contributed by atoms with van der Waals surface area (Å²) in [7, 11) is 0. The minimum Gasteiger partial charge on any atom is -0.466 e. The zero-order chi connectivity index (χ0) is 22.7. The van der Waals surface area contributed by atoms with Crippen molar-refractivity contribution < 1.29 is 45.4 Å². The first-order chi connectivity index (χ1) is 13.9. The highest BCUT2D eigenvalue weighted by Gasteiger charge is 2.40. The van der Waals surface area contributed by atoms with E-state index in [4.69, 9.17) is 9.47 Å². The first-order valence-electron chi connectivity index (χ1n) is 9.20. The van der Waals surface area contributed by atoms with Crippen LogP contribution in [0.2, 0.25) is 0 Å². The van der Waals surface area contributed by atoms with Crippen LogP contribution in [-0.4, -0.2) is 25.2 Å². The fourth-order valence-corrected chi connectivity index (χ4v) is 3.28. The Labute approximate surface area is 168 Å². The number of rotatable bonds is 5. The standard InChI is InChI=1S/C20H20F6O4/c1-3-29-17(27)15-6-5-11(9-16(15)18(28)30-4-2)12-7-13(19(21,22)23)10-14(8-12)20(24,25)26/h5,7-8,10,15-16H,3-4,6,9H2,1-2H3/t15-,16-/m0/s1. The van der Waals surface area contributed by atoms with Crippen molar-refractivity contribution in [1.29, 1.82) is 0 Å². The van der Waals surface area contributed by atoms with Crippen LogP contribution in [0.5, 0.6) is 0 Å². The highest BCUT2D eigenvalue weighted by Crippen LogP contribution is 2.41. The van der Waals surface area contributed by atoms with E-state index in [2.05, 4.69) is 0 Å². The van der Waals surface area contributed by atoms with E-state index < -0.39 is 47.3 Å². The summed E-state index contributed by atoms with van der Waals surface area (Å²) in [4.78, 5) is 24.5. The Morgan fingerprint density at radius 1 is 0.867 bits per heavy atom. The normalized spacial score (nSPS) is 19.8. The van der Waals surface area contributed by atoms with Crippen LogP contribution in [-0.2, 0) is 31.4 Å². The summed E-state index contributed by atoms with van der Waals surface area (Å²) in [6, 6.07) is 1.25. The molecule has 0 fully saturated rings. The molecule has 0 radical (unpaired) electrons. The third kappa shape index (κ3) is 5.54. The van der Waals surface area contributed by atoms with Gasteiger partial charge in [0.25, 0.3) is 0 Å². The summed E-state index contributed by atoms with van der Waals surface area (Å²) in [5, 5.41) is 0. The number of hydrogen-bond donors (Lipinski definition) is 0. The van der Waals surface area contributed by atoms with Gasteiger partial charge in [-0.3, -0.25) is 9.59 Å². The maximum absolute atomic E-state index is 13.1. The van der Waals surface area contributed by atoms with E-state index in [0.29, 0.717) is 12.1 Å². The predicted octanol–water partition coefficient (Wildman–Crippen LogP) is 5.26. The SMILES string of the molecule is CCOC(=O)[C@H]1CC=C(c2cc(C(F)(F)F)cc(C(F)(F)F)c2)C[C@@H]1C(=O)OCC. The lowest BCUT2D eigenvalue weighted by Crippen LogP contribution is -2.34. The van der Waals surface area contributed by atoms with Crippen LogP contribution in [0.15, 0.2) is 24.3 Å². The van der Waals surface area contributed by atoms with Gasteiger partial charge in [0.05, 0.1) is 36.2 Å². The Hall–Kier alpha value is -2.52. The van der Waals surface area contributed by atoms with E-state index in [1.54, 1.807) is 13.8 Å². The molecule has 0 unspecified atom stereocenters. The molecule has 0 saturated heterocycles. The van der Waals surface area contributed by atoms with Gasteiger partial charge in [0.1, 0.15) is 0 Å². The Balaban J connectivity index is 2.50. The minimum absolute atomic E-state index is 0.00566. The molecule has 0 N–H and O–H groups in total. The van der Waals surface area contributed by atoms with Crippen LogP contribution in [0.1, 0.15) is 43.4 Å². The molecule has 0 aromatic heterocycles. The average Bonchev–Trinajstić information content (AvgIpc) is 2.66. The van der Waals surface area contributed by atoms with E-state index in [9.17, 15) is 35.9 Å². The molecular weight excluding hydrogens is 418 g/mol. The van der Waals surface area contributed by atoms with Crippen LogP contribution >= 0.6 is 0 Å². The number of halogens is 6. The van der Waals surface area contributed by atoms with Crippen molar-refractivity contribution >= 4 is 17.5 Å². The van der Waals surface area contributed by atoms with Crippen molar-refractivity contribution in [2.75, 3.05) is 13.2 Å². The summed E-state index contributed by atoms with van der Waals surface area (Å²) in [5.41, 5.74) is -3.11. The fourth-order valence-electron chi connectivity index (χ4n) is 3.28. The first-order valence-corrected chi connectivity index (χ1v) is 9.20. The number of benzene rings is 1. The molecule has 166 valence electrons. The van der Waals surface area contributed by atoms with Crippen molar-refractivity contribution in [2.24, 2.45) is 11.8 Å². The molecule has 10 heteroatoms. The molecule has 0 spiro atoms. The van der Waals surface area contributed by atoms with Gasteiger partial charge in [0, 0.05) is 0 Å². The second-order valence-electron chi connectivity index (χ2n) is 6.68. The maximum atomic E-state index is 13.1. The van der Waals surface area contributed by atoms with Gasteiger partial charge in [-0.05, 0) is 56.0 Å². The molecule has 0 bridgehead atoms. The molecule has 1 aromatic carbocycles. The lowest BCUT2D eigenvalue weighted by molar-refractivity contribution is -0.160. The second-order valence-corrected chi connectivity index (χ2v) is 6.68. The Bertz CT molecular complexity index is 793. The minimum atomic E-state index is -4.99. The lowest BCUT2D eigenvalue weighted by atomic mass is 9.77. The smallest absolute Gasteiger partial charge is 0.416 e. The lowest BCUT2D eigenvalue weighted by Gasteiger charge is -2.29. The third-order valence-electron chi connectivity index (χ3n) is 4.68. The molecule has 0 amide bonds. The average molecular weight is 438 g/mol. The zero-order valence-electron chi connectivity index (χ0n) is 16.2. The molecule has 1 aliphatic carbocycles. The van der Waals surface area contributed by atoms with Crippen molar-refractivity contribution in [1.82, 2.24) is 0 Å². The second kappa shape index (κ2) is 9.09. The van der Waals surface area contributed by atoms with Crippen LogP contribution in [0.4, 0.5) is 26.3 Å². The highest BCUT2D eigenvalue weighted by molar-refractivity contribution is 5.86. The van der Waals surface area contributed by atoms with Gasteiger partial charge in [0.15, 0.2) is 0 Å². The molecule has 0 heterocycles. The number of allylic oxidation sites excluding steroid dienone is 2. The van der Waals surface area contributed by atoms with Gasteiger partial charge in [-0.25, -0.2) is 0 Å². The monoisotopic (exact) mass is 438 g/mol. The van der Waals surface area contributed by atoms with E-state index in [0.717, 1.165) is 0 Å². The van der Waals surface area contributed by atoms with Gasteiger partial charge in [-0.15, -0.1) is 0 Å². The van der Waals surface area contributed by atoms with Crippen LogP contribution in [0.3, 0.4) is 0 Å². The van der Waals surface area contributed by atoms with E-state index in [1.165, 1.54) is 6.08 Å². The summed E-state index contributed by atoms with van der Waals surface area (Å²) >= 11 is 0. The van der Waals surface area contributed by atoms with Crippen molar-refractivity contribution in [3.05, 3.63) is 41.0 Å². The largest absolute Gasteiger partial charge is 0.466 e. The van der Waals surface area contributed by atoms with Crippen molar-refractivity contribution in [2.45, 2.75) is 39.0 Å². The molecule has 1 aromatic rings. The predicted molar refractivity (Wildman–Crippen MR) is 93.9 cm³/mol. The molecule has 2 rings (SSSR count). The summed E-state index contributed by atoms with van der Waals surface area (Å²) in [6.45, 7) is 3.18. The van der Waals surface area contributed by atoms with Crippen molar-refractivity contribution in [3.8, 4) is 0 Å². The Kier molecular flexibility index (Phi) is 7.20. The number of ether oxygens (including phenoxy) is 2. The number of alkyl halides is 6. The summed E-state index contributed by atoms with van der Waals surface area (Å²) in [6.07, 6.45) is -8.93. The van der Waals surface area contributed by atoms with Gasteiger partial charge in [-0.2, -0.15) is 26.3 Å². The molecular formula is C20H20F6O4. The summed E-state index contributed by atoms with van der Waals surface area (Å²) < 4.78 is 88.7. The molecule has 30 heavy (non-hydrogen) atoms. The fraction of sp³-hybridized carbons (Fsp3) is 0.500. The molecule has 0 aliphatic heterocycles. The van der Waals surface area contributed by atoms with E-state index in [-0.39, 0.29) is 43.3 Å². The van der Waals surface area contributed by atoms with Gasteiger partial charge in [-0.1, -0.05) is 6.08 Å². The van der Waals surface area contributed by atoms with Gasteiger partial charge in [0.2, 0.25) is 0 Å². The Morgan fingerprint density at radius 3 is 1.77 bits per heavy atom. The quantitative estimate of drug-likeness (QED) is 0.465. The molecule has 2 atom stereocenters. The third-order valence-corrected chi connectivity index (χ3v) is 4.68. The highest BCUT2D eigenvalue weighted by atomic mass is 19.4. The van der Waals surface area contributed by atoms with Crippen molar-refractivity contribution in [3.63, 3.8) is 0 Å². The zero-order valence-corrected chi connectivity index (χ0v) is 16.2. The number of carbonyl (C=O) groups excluding carboxylic acids is 2. The number of carbonyl (C=O) groups is 2. The Morgan fingerprint density at radius 2 is 1.33 bits per heavy atom. The maximum Gasteiger partial charge on any atom is 0.416 e. The van der Waals surface area contributed by atoms with E-state index >= 15 is 0 Å². The van der Waals surface area contributed by atoms with Crippen LogP contribution in [0.25, 0.3) is 5.57 Å². The number of esters is 2. The van der Waals surface area contributed by atoms with Crippen LogP contribution in [0, 0.1) is 11.8 Å². The summed E-state index contributed by atoms with van der Waals surface area (Å²) in [5.74, 6) is -3.44. The topological polar surface area (TPSA) is 52.6 Å². The molecule has 0 saturated carbocycles. The van der Waals surface area contributed by atoms with Crippen LogP contribution < -0.4 is 0 Å². The molecule has 1 aliphatic rings. The first kappa shape index (κ1) is 23.8. The van der Waals surface area contributed by atoms with Gasteiger partial charge < -0.3 is 9.47 Å². The molecule has 4 nitrogen and oxygen atoms in total. The van der Waals surface area contributed by atoms with Gasteiger partial charge >= 0.3 is 24.3 Å².